The van der Waals surface area contributed by atoms with Crippen LogP contribution in [0.5, 0.6) is 0 Å². The quantitative estimate of drug-likeness (QED) is 0.730. The molecule has 25 heavy (non-hydrogen) atoms. The molecule has 9 heteroatoms. The van der Waals surface area contributed by atoms with Gasteiger partial charge in [-0.2, -0.15) is 0 Å². The van der Waals surface area contributed by atoms with Crippen LogP contribution in [0.25, 0.3) is 22.4 Å². The third-order valence-electron chi connectivity index (χ3n) is 4.07. The van der Waals surface area contributed by atoms with E-state index in [1.165, 1.54) is 11.3 Å². The smallest absolute Gasteiger partial charge is 0.230 e. The molecule has 1 atom stereocenters. The number of aromatic nitrogens is 1. The topological polar surface area (TPSA) is 89.3 Å². The summed E-state index contributed by atoms with van der Waals surface area (Å²) in [5.41, 5.74) is 1.31. The second-order valence-corrected chi connectivity index (χ2v) is 9.44. The molecule has 130 valence electrons. The maximum atomic E-state index is 12.2. The number of fused-ring (bicyclic) bond motifs is 1. The van der Waals surface area contributed by atoms with Gasteiger partial charge >= 0.3 is 0 Å². The number of sulfone groups is 1. The van der Waals surface area contributed by atoms with Crippen molar-refractivity contribution < 1.29 is 17.6 Å². The van der Waals surface area contributed by atoms with Gasteiger partial charge in [0.15, 0.2) is 20.7 Å². The minimum atomic E-state index is -3.09. The third kappa shape index (κ3) is 3.42. The average Bonchev–Trinajstić information content (AvgIpc) is 3.24. The molecule has 1 aliphatic heterocycles. The summed E-state index contributed by atoms with van der Waals surface area (Å²) in [4.78, 5) is 16.5. The number of anilines is 1. The summed E-state index contributed by atoms with van der Waals surface area (Å²) < 4.78 is 28.7. The Kier molecular flexibility index (Phi) is 4.05. The van der Waals surface area contributed by atoms with Gasteiger partial charge in [0.25, 0.3) is 0 Å². The molecule has 1 aromatic carbocycles. The van der Waals surface area contributed by atoms with Gasteiger partial charge < -0.3 is 9.73 Å². The molecule has 3 aromatic rings. The van der Waals surface area contributed by atoms with E-state index in [2.05, 4.69) is 10.3 Å². The fraction of sp³-hybridized carbons (Fsp3) is 0.250. The first-order valence-electron chi connectivity index (χ1n) is 7.56. The number of nitrogens with zero attached hydrogens (tertiary/aromatic N) is 1. The van der Waals surface area contributed by atoms with Gasteiger partial charge in [-0.15, -0.1) is 11.3 Å². The zero-order chi connectivity index (χ0) is 17.6. The zero-order valence-corrected chi connectivity index (χ0v) is 15.2. The number of furan rings is 1. The van der Waals surface area contributed by atoms with Crippen molar-refractivity contribution >= 4 is 54.8 Å². The highest BCUT2D eigenvalue weighted by Crippen LogP contribution is 2.32. The molecule has 1 aliphatic rings. The highest BCUT2D eigenvalue weighted by Gasteiger charge is 2.33. The van der Waals surface area contributed by atoms with Gasteiger partial charge in [0.2, 0.25) is 5.91 Å². The number of rotatable bonds is 3. The van der Waals surface area contributed by atoms with Gasteiger partial charge in [0.05, 0.1) is 17.4 Å². The number of nitrogens with one attached hydrogen (secondary N) is 1. The fourth-order valence-electron chi connectivity index (χ4n) is 2.79. The molecular weight excluding hydrogens is 384 g/mol. The Morgan fingerprint density at radius 2 is 2.20 bits per heavy atom. The van der Waals surface area contributed by atoms with Gasteiger partial charge in [0.1, 0.15) is 11.3 Å². The van der Waals surface area contributed by atoms with Gasteiger partial charge in [-0.25, -0.2) is 13.4 Å². The highest BCUT2D eigenvalue weighted by molar-refractivity contribution is 7.91. The standard InChI is InChI=1S/C16H13ClN2O4S2/c17-11-1-2-13-10(5-11)6-14(23-13)12-7-24-16(18-12)19-15(20)9-3-4-25(21,22)8-9/h1-2,5-7,9H,3-4,8H2,(H,18,19,20). The van der Waals surface area contributed by atoms with Crippen LogP contribution in [0.1, 0.15) is 6.42 Å². The second kappa shape index (κ2) is 6.12. The van der Waals surface area contributed by atoms with Gasteiger partial charge in [-0.3, -0.25) is 4.79 Å². The molecule has 0 saturated carbocycles. The summed E-state index contributed by atoms with van der Waals surface area (Å²) in [6.45, 7) is 0. The number of amides is 1. The van der Waals surface area contributed by atoms with E-state index in [0.29, 0.717) is 33.6 Å². The maximum Gasteiger partial charge on any atom is 0.230 e. The van der Waals surface area contributed by atoms with Crippen molar-refractivity contribution in [1.82, 2.24) is 4.98 Å². The van der Waals surface area contributed by atoms with Crippen LogP contribution in [0.3, 0.4) is 0 Å². The van der Waals surface area contributed by atoms with E-state index in [1.807, 2.05) is 6.07 Å². The Morgan fingerprint density at radius 1 is 1.36 bits per heavy atom. The molecule has 4 rings (SSSR count). The SMILES string of the molecule is O=C(Nc1nc(-c2cc3cc(Cl)ccc3o2)cs1)C1CCS(=O)(=O)C1. The van der Waals surface area contributed by atoms with Crippen molar-refractivity contribution in [2.45, 2.75) is 6.42 Å². The Bertz CT molecular complexity index is 1070. The first-order valence-corrected chi connectivity index (χ1v) is 10.6. The van der Waals surface area contributed by atoms with E-state index in [4.69, 9.17) is 16.0 Å². The third-order valence-corrected chi connectivity index (χ3v) is 6.83. The van der Waals surface area contributed by atoms with Crippen molar-refractivity contribution in [1.29, 1.82) is 0 Å². The zero-order valence-electron chi connectivity index (χ0n) is 12.9. The molecule has 0 spiro atoms. The Hall–Kier alpha value is -1.90. The van der Waals surface area contributed by atoms with Gasteiger partial charge in [-0.1, -0.05) is 11.6 Å². The molecule has 1 amide bonds. The van der Waals surface area contributed by atoms with E-state index in [1.54, 1.807) is 23.6 Å². The van der Waals surface area contributed by atoms with E-state index >= 15 is 0 Å². The summed E-state index contributed by atoms with van der Waals surface area (Å²) >= 11 is 7.24. The minimum absolute atomic E-state index is 0.0652. The van der Waals surface area contributed by atoms with Crippen molar-refractivity contribution in [2.24, 2.45) is 5.92 Å². The van der Waals surface area contributed by atoms with Gasteiger partial charge in [-0.05, 0) is 30.7 Å². The van der Waals surface area contributed by atoms with Crippen molar-refractivity contribution in [3.63, 3.8) is 0 Å². The van der Waals surface area contributed by atoms with Crippen LogP contribution in [0.15, 0.2) is 34.1 Å². The molecule has 1 fully saturated rings. The summed E-state index contributed by atoms with van der Waals surface area (Å²) in [6.07, 6.45) is 0.358. The normalized spacial score (nSPS) is 19.3. The molecule has 1 saturated heterocycles. The van der Waals surface area contributed by atoms with Gasteiger partial charge in [0, 0.05) is 15.8 Å². The summed E-state index contributed by atoms with van der Waals surface area (Å²) in [5.74, 6) is -0.265. The second-order valence-electron chi connectivity index (χ2n) is 5.92. The first-order chi connectivity index (χ1) is 11.9. The number of carbonyl (C=O) groups is 1. The summed E-state index contributed by atoms with van der Waals surface area (Å²) in [7, 11) is -3.09. The maximum absolute atomic E-state index is 12.2. The predicted octanol–water partition coefficient (Wildman–Crippen LogP) is 3.58. The largest absolute Gasteiger partial charge is 0.454 e. The number of hydrogen-bond donors (Lipinski definition) is 1. The lowest BCUT2D eigenvalue weighted by Gasteiger charge is -2.06. The Morgan fingerprint density at radius 3 is 2.96 bits per heavy atom. The molecule has 6 nitrogen and oxygen atoms in total. The van der Waals surface area contributed by atoms with Crippen LogP contribution in [0.2, 0.25) is 5.02 Å². The number of hydrogen-bond acceptors (Lipinski definition) is 6. The molecule has 2 aromatic heterocycles. The van der Waals surface area contributed by atoms with E-state index in [9.17, 15) is 13.2 Å². The number of thiazole rings is 1. The predicted molar refractivity (Wildman–Crippen MR) is 97.7 cm³/mol. The molecule has 3 heterocycles. The van der Waals surface area contributed by atoms with E-state index < -0.39 is 15.8 Å². The van der Waals surface area contributed by atoms with Crippen LogP contribution < -0.4 is 5.32 Å². The lowest BCUT2D eigenvalue weighted by Crippen LogP contribution is -2.23. The van der Waals surface area contributed by atoms with Crippen molar-refractivity contribution in [3.05, 3.63) is 34.7 Å². The number of halogens is 1. The molecule has 1 N–H and O–H groups in total. The lowest BCUT2D eigenvalue weighted by molar-refractivity contribution is -0.119. The van der Waals surface area contributed by atoms with Crippen molar-refractivity contribution in [3.8, 4) is 11.5 Å². The molecule has 0 aliphatic carbocycles. The van der Waals surface area contributed by atoms with Crippen LogP contribution in [-0.4, -0.2) is 30.8 Å². The number of carbonyl (C=O) groups excluding carboxylic acids is 1. The molecule has 0 radical (unpaired) electrons. The first kappa shape index (κ1) is 16.6. The van der Waals surface area contributed by atoms with E-state index in [-0.39, 0.29) is 17.4 Å². The fourth-order valence-corrected chi connectivity index (χ4v) is 5.42. The Labute approximate surface area is 152 Å². The highest BCUT2D eigenvalue weighted by atomic mass is 35.5. The lowest BCUT2D eigenvalue weighted by atomic mass is 10.1. The van der Waals surface area contributed by atoms with Crippen LogP contribution >= 0.6 is 22.9 Å². The summed E-state index contributed by atoms with van der Waals surface area (Å²) in [5, 5.41) is 6.39. The molecule has 0 bridgehead atoms. The van der Waals surface area contributed by atoms with Crippen molar-refractivity contribution in [2.75, 3.05) is 16.8 Å². The minimum Gasteiger partial charge on any atom is -0.454 e. The summed E-state index contributed by atoms with van der Waals surface area (Å²) in [6, 6.07) is 7.18. The Balaban J connectivity index is 1.52. The molecule has 1 unspecified atom stereocenters. The number of benzene rings is 1. The van der Waals surface area contributed by atoms with Crippen LogP contribution in [0, 0.1) is 5.92 Å². The molecular formula is C16H13ClN2O4S2. The average molecular weight is 397 g/mol. The van der Waals surface area contributed by atoms with Crippen LogP contribution in [-0.2, 0) is 14.6 Å². The monoisotopic (exact) mass is 396 g/mol. The van der Waals surface area contributed by atoms with Crippen LogP contribution in [0.4, 0.5) is 5.13 Å². The van der Waals surface area contributed by atoms with E-state index in [0.717, 1.165) is 5.39 Å².